The van der Waals surface area contributed by atoms with E-state index in [0.29, 0.717) is 0 Å². The average Bonchev–Trinajstić information content (AvgIpc) is 2.38. The van der Waals surface area contributed by atoms with Crippen molar-refractivity contribution in [3.63, 3.8) is 0 Å². The van der Waals surface area contributed by atoms with E-state index in [1.807, 2.05) is 30.3 Å². The van der Waals surface area contributed by atoms with E-state index in [-0.39, 0.29) is 12.1 Å². The van der Waals surface area contributed by atoms with Gasteiger partial charge in [0.1, 0.15) is 11.9 Å². The van der Waals surface area contributed by atoms with Gasteiger partial charge in [-0.05, 0) is 29.8 Å². The average molecular weight is 383 g/mol. The van der Waals surface area contributed by atoms with Gasteiger partial charge >= 0.3 is 0 Å². The Hall–Kier alpha value is -0.840. The second kappa shape index (κ2) is 5.27. The highest BCUT2D eigenvalue weighted by Crippen LogP contribution is 2.40. The smallest absolute Gasteiger partial charge is 0.126 e. The number of nitrogens with two attached hydrogens (primary N) is 1. The van der Waals surface area contributed by atoms with Gasteiger partial charge in [0.2, 0.25) is 0 Å². The van der Waals surface area contributed by atoms with E-state index >= 15 is 0 Å². The van der Waals surface area contributed by atoms with Crippen LogP contribution in [0.5, 0.6) is 5.75 Å². The Balaban J connectivity index is 1.93. The zero-order valence-corrected chi connectivity index (χ0v) is 13.3. The van der Waals surface area contributed by atoms with Crippen LogP contribution in [0.4, 0.5) is 0 Å². The minimum Gasteiger partial charge on any atom is -0.485 e. The Labute approximate surface area is 129 Å². The third-order valence-corrected chi connectivity index (χ3v) is 4.38. The zero-order valence-electron chi connectivity index (χ0n) is 10.1. The van der Waals surface area contributed by atoms with Gasteiger partial charge in [-0.15, -0.1) is 0 Å². The molecule has 0 bridgehead atoms. The number of rotatable bonds is 1. The molecule has 4 heteroatoms. The molecule has 2 N–H and O–H groups in total. The fourth-order valence-electron chi connectivity index (χ4n) is 2.36. The monoisotopic (exact) mass is 381 g/mol. The first-order chi connectivity index (χ1) is 9.13. The first kappa shape index (κ1) is 13.2. The maximum atomic E-state index is 6.25. The Bertz CT molecular complexity index is 598. The van der Waals surface area contributed by atoms with Crippen LogP contribution in [0.15, 0.2) is 51.4 Å². The maximum Gasteiger partial charge on any atom is 0.126 e. The molecule has 0 saturated heterocycles. The van der Waals surface area contributed by atoms with Crippen molar-refractivity contribution in [2.75, 3.05) is 0 Å². The van der Waals surface area contributed by atoms with E-state index < -0.39 is 0 Å². The summed E-state index contributed by atoms with van der Waals surface area (Å²) in [5, 5.41) is 0. The quantitative estimate of drug-likeness (QED) is 0.773. The lowest BCUT2D eigenvalue weighted by Gasteiger charge is -2.30. The van der Waals surface area contributed by atoms with E-state index in [0.717, 1.165) is 32.2 Å². The number of halogens is 2. The lowest BCUT2D eigenvalue weighted by molar-refractivity contribution is 0.161. The topological polar surface area (TPSA) is 35.2 Å². The van der Waals surface area contributed by atoms with Crippen LogP contribution in [0, 0.1) is 0 Å². The molecule has 1 aliphatic rings. The van der Waals surface area contributed by atoms with Crippen molar-refractivity contribution < 1.29 is 4.74 Å². The molecule has 2 atom stereocenters. The third-order valence-electron chi connectivity index (χ3n) is 3.35. The molecule has 0 amide bonds. The van der Waals surface area contributed by atoms with Crippen LogP contribution in [0.1, 0.15) is 29.7 Å². The maximum absolute atomic E-state index is 6.25. The highest BCUT2D eigenvalue weighted by molar-refractivity contribution is 9.10. The van der Waals surface area contributed by atoms with Gasteiger partial charge in [-0.25, -0.2) is 0 Å². The molecule has 0 fully saturated rings. The molecular formula is C15H13Br2NO. The summed E-state index contributed by atoms with van der Waals surface area (Å²) in [6.07, 6.45) is 0.820. The molecule has 0 aliphatic carbocycles. The van der Waals surface area contributed by atoms with Crippen molar-refractivity contribution in [3.05, 3.63) is 62.5 Å². The van der Waals surface area contributed by atoms with Crippen LogP contribution in [-0.2, 0) is 0 Å². The summed E-state index contributed by atoms with van der Waals surface area (Å²) in [5.41, 5.74) is 8.49. The predicted octanol–water partition coefficient (Wildman–Crippen LogP) is 4.74. The molecule has 2 nitrogen and oxygen atoms in total. The summed E-state index contributed by atoms with van der Waals surface area (Å²) in [6, 6.07) is 14.2. The van der Waals surface area contributed by atoms with Crippen molar-refractivity contribution in [2.24, 2.45) is 5.73 Å². The third kappa shape index (κ3) is 2.71. The molecule has 0 radical (unpaired) electrons. The Morgan fingerprint density at radius 2 is 1.68 bits per heavy atom. The Kier molecular flexibility index (Phi) is 3.65. The van der Waals surface area contributed by atoms with Crippen LogP contribution in [0.3, 0.4) is 0 Å². The van der Waals surface area contributed by atoms with Gasteiger partial charge in [0.05, 0.1) is 0 Å². The van der Waals surface area contributed by atoms with Gasteiger partial charge < -0.3 is 10.5 Å². The lowest BCUT2D eigenvalue weighted by Crippen LogP contribution is -2.24. The van der Waals surface area contributed by atoms with Crippen LogP contribution in [0.2, 0.25) is 0 Å². The molecule has 3 rings (SSSR count). The molecule has 1 aliphatic heterocycles. The minimum atomic E-state index is 0.0184. The van der Waals surface area contributed by atoms with Gasteiger partial charge in [-0.2, -0.15) is 0 Å². The van der Waals surface area contributed by atoms with Gasteiger partial charge in [-0.1, -0.05) is 50.1 Å². The van der Waals surface area contributed by atoms with Crippen molar-refractivity contribution in [3.8, 4) is 5.75 Å². The molecule has 2 aromatic carbocycles. The van der Waals surface area contributed by atoms with Crippen molar-refractivity contribution in [1.29, 1.82) is 0 Å². The fraction of sp³-hybridized carbons (Fsp3) is 0.200. The van der Waals surface area contributed by atoms with Gasteiger partial charge in [0, 0.05) is 27.0 Å². The molecule has 0 spiro atoms. The zero-order chi connectivity index (χ0) is 13.4. The molecular weight excluding hydrogens is 370 g/mol. The van der Waals surface area contributed by atoms with Crippen LogP contribution >= 0.6 is 31.9 Å². The molecule has 1 heterocycles. The van der Waals surface area contributed by atoms with Crippen molar-refractivity contribution in [2.45, 2.75) is 18.6 Å². The highest BCUT2D eigenvalue weighted by atomic mass is 79.9. The summed E-state index contributed by atoms with van der Waals surface area (Å²) in [6.45, 7) is 0. The number of benzene rings is 2. The largest absolute Gasteiger partial charge is 0.485 e. The number of ether oxygens (including phenoxy) is 1. The standard InChI is InChI=1S/C15H13Br2NO/c16-10-3-1-9(2-4-10)14-8-13(18)12-6-5-11(17)7-15(12)19-14/h1-7,13-14H,8,18H2/t13-,14?/m0/s1. The second-order valence-corrected chi connectivity index (χ2v) is 6.51. The minimum absolute atomic E-state index is 0.0184. The summed E-state index contributed by atoms with van der Waals surface area (Å²) < 4.78 is 8.16. The summed E-state index contributed by atoms with van der Waals surface area (Å²) in [4.78, 5) is 0. The van der Waals surface area contributed by atoms with E-state index in [1.54, 1.807) is 0 Å². The molecule has 0 saturated carbocycles. The van der Waals surface area contributed by atoms with Crippen LogP contribution in [0.25, 0.3) is 0 Å². The normalized spacial score (nSPS) is 21.6. The molecule has 2 aromatic rings. The number of fused-ring (bicyclic) bond motifs is 1. The van der Waals surface area contributed by atoms with Crippen LogP contribution < -0.4 is 10.5 Å². The van der Waals surface area contributed by atoms with E-state index in [9.17, 15) is 0 Å². The van der Waals surface area contributed by atoms with Gasteiger partial charge in [0.25, 0.3) is 0 Å². The molecule has 19 heavy (non-hydrogen) atoms. The Morgan fingerprint density at radius 1 is 1.00 bits per heavy atom. The van der Waals surface area contributed by atoms with E-state index in [1.165, 1.54) is 0 Å². The van der Waals surface area contributed by atoms with Crippen molar-refractivity contribution in [1.82, 2.24) is 0 Å². The van der Waals surface area contributed by atoms with Gasteiger partial charge in [0.15, 0.2) is 0 Å². The van der Waals surface area contributed by atoms with Gasteiger partial charge in [-0.3, -0.25) is 0 Å². The molecule has 98 valence electrons. The van der Waals surface area contributed by atoms with E-state index in [4.69, 9.17) is 10.5 Å². The first-order valence-corrected chi connectivity index (χ1v) is 7.69. The second-order valence-electron chi connectivity index (χ2n) is 4.68. The molecule has 1 unspecified atom stereocenters. The highest BCUT2D eigenvalue weighted by Gasteiger charge is 2.27. The summed E-state index contributed by atoms with van der Waals surface area (Å²) in [7, 11) is 0. The number of hydrogen-bond donors (Lipinski definition) is 1. The predicted molar refractivity (Wildman–Crippen MR) is 83.2 cm³/mol. The van der Waals surface area contributed by atoms with E-state index in [2.05, 4.69) is 44.0 Å². The summed E-state index contributed by atoms with van der Waals surface area (Å²) >= 11 is 6.91. The lowest BCUT2D eigenvalue weighted by atomic mass is 9.94. The molecule has 0 aromatic heterocycles. The summed E-state index contributed by atoms with van der Waals surface area (Å²) in [5.74, 6) is 0.876. The SMILES string of the molecule is N[C@H]1CC(c2ccc(Br)cc2)Oc2cc(Br)ccc21. The Morgan fingerprint density at radius 3 is 2.42 bits per heavy atom. The van der Waals surface area contributed by atoms with Crippen LogP contribution in [-0.4, -0.2) is 0 Å². The van der Waals surface area contributed by atoms with Crippen molar-refractivity contribution >= 4 is 31.9 Å². The first-order valence-electron chi connectivity index (χ1n) is 6.10. The number of hydrogen-bond acceptors (Lipinski definition) is 2. The fourth-order valence-corrected chi connectivity index (χ4v) is 2.96.